The highest BCUT2D eigenvalue weighted by Crippen LogP contribution is 2.33. The number of nitrogens with one attached hydrogen (secondary N) is 2. The van der Waals surface area contributed by atoms with Gasteiger partial charge in [-0.05, 0) is 42.3 Å². The molecule has 6 heteroatoms. The molecule has 2 N–H and O–H groups in total. The number of hydrogen-bond acceptors (Lipinski definition) is 4. The largest absolute Gasteiger partial charge is 0.366 e. The number of anilines is 1. The third kappa shape index (κ3) is 2.81. The van der Waals surface area contributed by atoms with Crippen molar-refractivity contribution in [3.8, 4) is 0 Å². The molecular formula is C20H21N5O. The molecule has 0 atom stereocenters. The minimum Gasteiger partial charge on any atom is -0.366 e. The van der Waals surface area contributed by atoms with Gasteiger partial charge in [-0.15, -0.1) is 0 Å². The van der Waals surface area contributed by atoms with Gasteiger partial charge in [0.25, 0.3) is 0 Å². The number of carbonyl (C=O) groups is 1. The maximum Gasteiger partial charge on any atom is 0.226 e. The van der Waals surface area contributed by atoms with Crippen LogP contribution in [0.25, 0.3) is 10.9 Å². The minimum atomic E-state index is 0.263. The second-order valence-electron chi connectivity index (χ2n) is 7.18. The lowest BCUT2D eigenvalue weighted by molar-refractivity contribution is -0.133. The van der Waals surface area contributed by atoms with Crippen molar-refractivity contribution in [3.63, 3.8) is 0 Å². The van der Waals surface area contributed by atoms with Crippen molar-refractivity contribution in [3.05, 3.63) is 53.6 Å². The Kier molecular flexibility index (Phi) is 3.62. The first-order valence-electron chi connectivity index (χ1n) is 9.19. The summed E-state index contributed by atoms with van der Waals surface area (Å²) in [7, 11) is 0. The third-order valence-corrected chi connectivity index (χ3v) is 5.32. The molecule has 1 fully saturated rings. The van der Waals surface area contributed by atoms with E-state index in [-0.39, 0.29) is 5.92 Å². The van der Waals surface area contributed by atoms with Gasteiger partial charge in [-0.2, -0.15) is 0 Å². The Labute approximate surface area is 151 Å². The van der Waals surface area contributed by atoms with Crippen molar-refractivity contribution in [2.24, 2.45) is 5.92 Å². The third-order valence-electron chi connectivity index (χ3n) is 5.32. The number of nitrogens with zero attached hydrogens (tertiary/aromatic N) is 3. The molecule has 132 valence electrons. The van der Waals surface area contributed by atoms with Crippen molar-refractivity contribution in [1.29, 1.82) is 0 Å². The number of benzene rings is 1. The van der Waals surface area contributed by atoms with E-state index in [4.69, 9.17) is 0 Å². The number of rotatable bonds is 4. The molecule has 1 saturated carbocycles. The fourth-order valence-electron chi connectivity index (χ4n) is 3.67. The van der Waals surface area contributed by atoms with Crippen molar-refractivity contribution in [2.45, 2.75) is 32.4 Å². The summed E-state index contributed by atoms with van der Waals surface area (Å²) in [5.74, 6) is 1.45. The number of aromatic amines is 1. The van der Waals surface area contributed by atoms with Crippen LogP contribution in [-0.4, -0.2) is 32.3 Å². The van der Waals surface area contributed by atoms with Crippen LogP contribution in [0.15, 0.2) is 36.8 Å². The van der Waals surface area contributed by atoms with E-state index in [2.05, 4.69) is 44.5 Å². The molecule has 6 nitrogen and oxygen atoms in total. The zero-order chi connectivity index (χ0) is 17.5. The summed E-state index contributed by atoms with van der Waals surface area (Å²) in [6.45, 7) is 2.08. The van der Waals surface area contributed by atoms with E-state index < -0.39 is 0 Å². The smallest absolute Gasteiger partial charge is 0.226 e. The second-order valence-corrected chi connectivity index (χ2v) is 7.18. The summed E-state index contributed by atoms with van der Waals surface area (Å²) in [5, 5.41) is 4.67. The summed E-state index contributed by atoms with van der Waals surface area (Å²) in [6, 6.07) is 8.49. The van der Waals surface area contributed by atoms with Crippen molar-refractivity contribution in [1.82, 2.24) is 19.9 Å². The van der Waals surface area contributed by atoms with Crippen LogP contribution in [0.3, 0.4) is 0 Å². The summed E-state index contributed by atoms with van der Waals surface area (Å²) >= 11 is 0. The fourth-order valence-corrected chi connectivity index (χ4v) is 3.67. The monoisotopic (exact) mass is 347 g/mol. The van der Waals surface area contributed by atoms with Gasteiger partial charge in [-0.3, -0.25) is 4.79 Å². The zero-order valence-electron chi connectivity index (χ0n) is 14.5. The van der Waals surface area contributed by atoms with Gasteiger partial charge in [0.2, 0.25) is 5.91 Å². The van der Waals surface area contributed by atoms with Gasteiger partial charge < -0.3 is 15.2 Å². The first kappa shape index (κ1) is 15.4. The number of hydrogen-bond donors (Lipinski definition) is 2. The van der Waals surface area contributed by atoms with E-state index in [1.54, 1.807) is 6.33 Å². The predicted octanol–water partition coefficient (Wildman–Crippen LogP) is 2.86. The van der Waals surface area contributed by atoms with Crippen molar-refractivity contribution >= 4 is 22.6 Å². The lowest BCUT2D eigenvalue weighted by Gasteiger charge is -2.29. The van der Waals surface area contributed by atoms with Gasteiger partial charge in [0.1, 0.15) is 12.1 Å². The van der Waals surface area contributed by atoms with Gasteiger partial charge in [-0.25, -0.2) is 9.97 Å². The van der Waals surface area contributed by atoms with E-state index in [9.17, 15) is 4.79 Å². The molecule has 0 bridgehead atoms. The molecule has 0 saturated heterocycles. The van der Waals surface area contributed by atoms with Crippen LogP contribution in [0.4, 0.5) is 5.82 Å². The Bertz CT molecular complexity index is 975. The SMILES string of the molecule is O=C(C1CC1)N1CCc2c(ncnc2NCc2ccc3cc[nH]c3c2)C1. The molecule has 1 aliphatic heterocycles. The molecule has 3 aromatic rings. The van der Waals surface area contributed by atoms with E-state index >= 15 is 0 Å². The maximum atomic E-state index is 12.3. The van der Waals surface area contributed by atoms with Crippen LogP contribution >= 0.6 is 0 Å². The molecule has 3 heterocycles. The average molecular weight is 347 g/mol. The van der Waals surface area contributed by atoms with Crippen LogP contribution in [0, 0.1) is 5.92 Å². The first-order chi connectivity index (χ1) is 12.8. The quantitative estimate of drug-likeness (QED) is 0.761. The number of carbonyl (C=O) groups excluding carboxylic acids is 1. The molecule has 26 heavy (non-hydrogen) atoms. The summed E-state index contributed by atoms with van der Waals surface area (Å²) < 4.78 is 0. The van der Waals surface area contributed by atoms with Crippen LogP contribution in [-0.2, 0) is 24.3 Å². The van der Waals surface area contributed by atoms with Gasteiger partial charge >= 0.3 is 0 Å². The van der Waals surface area contributed by atoms with E-state index in [0.29, 0.717) is 19.0 Å². The highest BCUT2D eigenvalue weighted by molar-refractivity contribution is 5.81. The van der Waals surface area contributed by atoms with Gasteiger partial charge in [-0.1, -0.05) is 12.1 Å². The predicted molar refractivity (Wildman–Crippen MR) is 99.5 cm³/mol. The molecule has 0 unspecified atom stereocenters. The minimum absolute atomic E-state index is 0.263. The second kappa shape index (κ2) is 6.12. The van der Waals surface area contributed by atoms with E-state index in [1.165, 1.54) is 10.9 Å². The normalized spacial score (nSPS) is 16.5. The molecule has 2 aromatic heterocycles. The standard InChI is InChI=1S/C20H21N5O/c26-20(15-3-4-15)25-8-6-16-18(11-25)23-12-24-19(16)22-10-13-1-2-14-5-7-21-17(14)9-13/h1-2,5,7,9,12,15,21H,3-4,6,8,10-11H2,(H,22,23,24). The highest BCUT2D eigenvalue weighted by Gasteiger charge is 2.35. The Morgan fingerprint density at radius 1 is 1.27 bits per heavy atom. The highest BCUT2D eigenvalue weighted by atomic mass is 16.2. The van der Waals surface area contributed by atoms with Crippen LogP contribution < -0.4 is 5.32 Å². The molecule has 1 amide bonds. The number of H-pyrrole nitrogens is 1. The lowest BCUT2D eigenvalue weighted by atomic mass is 10.0. The van der Waals surface area contributed by atoms with Crippen LogP contribution in [0.2, 0.25) is 0 Å². The Hall–Kier alpha value is -2.89. The molecule has 0 radical (unpaired) electrons. The molecule has 2 aliphatic rings. The lowest BCUT2D eigenvalue weighted by Crippen LogP contribution is -2.37. The summed E-state index contributed by atoms with van der Waals surface area (Å²) in [4.78, 5) is 26.4. The molecule has 1 aromatic carbocycles. The topological polar surface area (TPSA) is 73.9 Å². The van der Waals surface area contributed by atoms with Gasteiger partial charge in [0.05, 0.1) is 12.2 Å². The van der Waals surface area contributed by atoms with Crippen molar-refractivity contribution < 1.29 is 4.79 Å². The average Bonchev–Trinajstić information content (AvgIpc) is 3.42. The van der Waals surface area contributed by atoms with E-state index in [0.717, 1.165) is 48.4 Å². The molecule has 5 rings (SSSR count). The van der Waals surface area contributed by atoms with Gasteiger partial charge in [0, 0.05) is 36.3 Å². The van der Waals surface area contributed by atoms with Crippen LogP contribution in [0.1, 0.15) is 29.7 Å². The van der Waals surface area contributed by atoms with Crippen molar-refractivity contribution in [2.75, 3.05) is 11.9 Å². The Morgan fingerprint density at radius 2 is 2.19 bits per heavy atom. The fraction of sp³-hybridized carbons (Fsp3) is 0.350. The number of fused-ring (bicyclic) bond motifs is 2. The van der Waals surface area contributed by atoms with E-state index in [1.807, 2.05) is 11.1 Å². The molecule has 0 spiro atoms. The van der Waals surface area contributed by atoms with Gasteiger partial charge in [0.15, 0.2) is 0 Å². The molecular weight excluding hydrogens is 326 g/mol. The molecule has 1 aliphatic carbocycles. The van der Waals surface area contributed by atoms with Crippen LogP contribution in [0.5, 0.6) is 0 Å². The summed E-state index contributed by atoms with van der Waals surface area (Å²) in [6.07, 6.45) is 6.46. The number of amides is 1. The zero-order valence-corrected chi connectivity index (χ0v) is 14.5. The Morgan fingerprint density at radius 3 is 3.08 bits per heavy atom. The maximum absolute atomic E-state index is 12.3. The summed E-state index contributed by atoms with van der Waals surface area (Å²) in [5.41, 5.74) is 4.47. The first-order valence-corrected chi connectivity index (χ1v) is 9.19. The Balaban J connectivity index is 1.32. The number of aromatic nitrogens is 3.